The van der Waals surface area contributed by atoms with E-state index in [0.717, 1.165) is 51.6 Å². The summed E-state index contributed by atoms with van der Waals surface area (Å²) in [5.41, 5.74) is 0. The van der Waals surface area contributed by atoms with Crippen LogP contribution in [0.1, 0.15) is 439 Å². The van der Waals surface area contributed by atoms with Crippen molar-refractivity contribution in [1.29, 1.82) is 0 Å². The largest absolute Gasteiger partial charge is 0.356 e. The van der Waals surface area contributed by atoms with E-state index in [-0.39, 0.29) is 11.8 Å². The summed E-state index contributed by atoms with van der Waals surface area (Å²) in [6, 6.07) is 0. The molecule has 0 radical (unpaired) electrons. The van der Waals surface area contributed by atoms with Gasteiger partial charge in [0.25, 0.3) is 0 Å². The SMILES string of the molecule is CCCCCCCCC=CCCCCCCCC(=O)NCCCCCCCCCCCCCCCCCC.CCCCCCCCC=CCCCCCCCCCCCC(=O)NCCCCCCCCCCCCCCCCCC. The molecule has 0 bridgehead atoms. The van der Waals surface area contributed by atoms with Crippen molar-refractivity contribution in [3.63, 3.8) is 0 Å². The Labute approximate surface area is 505 Å². The minimum absolute atomic E-state index is 0.267. The van der Waals surface area contributed by atoms with E-state index in [1.807, 2.05) is 0 Å². The smallest absolute Gasteiger partial charge is 0.219 e. The van der Waals surface area contributed by atoms with Crippen LogP contribution in [0.3, 0.4) is 0 Å². The van der Waals surface area contributed by atoms with Gasteiger partial charge in [-0.1, -0.05) is 373 Å². The Morgan fingerprint density at radius 1 is 0.200 bits per heavy atom. The van der Waals surface area contributed by atoms with Gasteiger partial charge in [-0.05, 0) is 77.0 Å². The Morgan fingerprint density at radius 2 is 0.350 bits per heavy atom. The zero-order chi connectivity index (χ0) is 58.1. The van der Waals surface area contributed by atoms with Crippen molar-refractivity contribution in [2.75, 3.05) is 13.1 Å². The van der Waals surface area contributed by atoms with E-state index in [2.05, 4.69) is 62.6 Å². The van der Waals surface area contributed by atoms with Gasteiger partial charge in [-0.25, -0.2) is 0 Å². The lowest BCUT2D eigenvalue weighted by Gasteiger charge is -2.06. The summed E-state index contributed by atoms with van der Waals surface area (Å²) in [5, 5.41) is 6.28. The predicted molar refractivity (Wildman–Crippen MR) is 362 cm³/mol. The number of unbranched alkanes of at least 4 members (excludes halogenated alkanes) is 56. The van der Waals surface area contributed by atoms with E-state index in [4.69, 9.17) is 0 Å². The third kappa shape index (κ3) is 78.5. The molecule has 0 aromatic rings. The van der Waals surface area contributed by atoms with Crippen LogP contribution < -0.4 is 10.6 Å². The lowest BCUT2D eigenvalue weighted by atomic mass is 10.0. The van der Waals surface area contributed by atoms with E-state index in [9.17, 15) is 9.59 Å². The second kappa shape index (κ2) is 77.4. The molecule has 0 aromatic carbocycles. The summed E-state index contributed by atoms with van der Waals surface area (Å²) in [7, 11) is 0. The maximum absolute atomic E-state index is 12.1. The fraction of sp³-hybridized carbons (Fsp3) is 0.921. The van der Waals surface area contributed by atoms with Gasteiger partial charge in [0.05, 0.1) is 0 Å². The molecule has 0 aliphatic carbocycles. The molecule has 0 saturated carbocycles. The molecule has 0 atom stereocenters. The van der Waals surface area contributed by atoms with Crippen LogP contribution in [-0.2, 0) is 9.59 Å². The van der Waals surface area contributed by atoms with Crippen molar-refractivity contribution in [2.45, 2.75) is 439 Å². The third-order valence-electron chi connectivity index (χ3n) is 17.0. The number of rotatable bonds is 68. The number of nitrogens with one attached hydrogen (secondary N) is 2. The summed E-state index contributed by atoms with van der Waals surface area (Å²) in [6.45, 7) is 10.9. The lowest BCUT2D eigenvalue weighted by molar-refractivity contribution is -0.122. The summed E-state index contributed by atoms with van der Waals surface area (Å²) < 4.78 is 0. The number of hydrogen-bond donors (Lipinski definition) is 2. The molecule has 4 nitrogen and oxygen atoms in total. The van der Waals surface area contributed by atoms with Gasteiger partial charge in [0, 0.05) is 25.9 Å². The molecular weight excluding hydrogens is 973 g/mol. The molecule has 80 heavy (non-hydrogen) atoms. The minimum atomic E-state index is 0.267. The second-order valence-corrected chi connectivity index (χ2v) is 25.4. The molecule has 0 fully saturated rings. The van der Waals surface area contributed by atoms with Crippen LogP contribution in [0.2, 0.25) is 0 Å². The van der Waals surface area contributed by atoms with Crippen LogP contribution in [0.25, 0.3) is 0 Å². The van der Waals surface area contributed by atoms with Crippen molar-refractivity contribution in [3.8, 4) is 0 Å². The molecule has 2 amide bonds. The maximum atomic E-state index is 12.1. The van der Waals surface area contributed by atoms with Crippen LogP contribution in [-0.4, -0.2) is 24.9 Å². The van der Waals surface area contributed by atoms with Crippen molar-refractivity contribution < 1.29 is 9.59 Å². The normalized spacial score (nSPS) is 11.6. The molecule has 0 aliphatic rings. The van der Waals surface area contributed by atoms with Crippen LogP contribution in [0.4, 0.5) is 0 Å². The van der Waals surface area contributed by atoms with Crippen LogP contribution >= 0.6 is 0 Å². The van der Waals surface area contributed by atoms with E-state index in [1.54, 1.807) is 0 Å². The van der Waals surface area contributed by atoms with Crippen molar-refractivity contribution in [3.05, 3.63) is 24.3 Å². The molecule has 0 spiro atoms. The highest BCUT2D eigenvalue weighted by Gasteiger charge is 2.03. The summed E-state index contributed by atoms with van der Waals surface area (Å²) in [4.78, 5) is 24.1. The highest BCUT2D eigenvalue weighted by atomic mass is 16.2. The Hall–Kier alpha value is -1.58. The topological polar surface area (TPSA) is 58.2 Å². The standard InChI is InChI=1S/C40H79NO.C36H71NO/c1-3-5-7-9-11-13-15-17-19-21-22-23-24-26-28-30-32-34-36-38-40(42)41-39-37-35-33-31-29-27-25-20-18-16-14-12-10-8-6-4-2;1-3-5-7-9-11-13-15-17-19-21-23-25-27-29-31-33-35-37-36(38)34-32-30-28-26-24-22-20-18-16-14-12-10-8-6-4-2/h17,19H,3-16,18,20-39H2,1-2H3,(H,41,42);18,20H,3-17,19,21-35H2,1-2H3,(H,37,38). The van der Waals surface area contributed by atoms with Crippen molar-refractivity contribution in [1.82, 2.24) is 10.6 Å². The maximum Gasteiger partial charge on any atom is 0.219 e. The quantitative estimate of drug-likeness (QED) is 0.0471. The van der Waals surface area contributed by atoms with Crippen molar-refractivity contribution >= 4 is 11.8 Å². The Balaban J connectivity index is 0. The van der Waals surface area contributed by atoms with Gasteiger partial charge in [-0.2, -0.15) is 0 Å². The minimum Gasteiger partial charge on any atom is -0.356 e. The van der Waals surface area contributed by atoms with Crippen LogP contribution in [0, 0.1) is 0 Å². The predicted octanol–water partition coefficient (Wildman–Crippen LogP) is 26.4. The summed E-state index contributed by atoms with van der Waals surface area (Å²) in [5.74, 6) is 0.542. The molecule has 0 saturated heterocycles. The molecule has 0 aliphatic heterocycles. The van der Waals surface area contributed by atoms with Gasteiger partial charge >= 0.3 is 0 Å². The number of carbonyl (C=O) groups is 2. The second-order valence-electron chi connectivity index (χ2n) is 25.4. The van der Waals surface area contributed by atoms with Crippen LogP contribution in [0.15, 0.2) is 24.3 Å². The monoisotopic (exact) mass is 1120 g/mol. The Kier molecular flexibility index (Phi) is 77.9. The molecular formula is C76H150N2O2. The number of allylic oxidation sites excluding steroid dienone is 4. The first-order chi connectivity index (χ1) is 39.6. The molecule has 476 valence electrons. The lowest BCUT2D eigenvalue weighted by Crippen LogP contribution is -2.23. The zero-order valence-electron chi connectivity index (χ0n) is 55.8. The van der Waals surface area contributed by atoms with Gasteiger partial charge < -0.3 is 10.6 Å². The third-order valence-corrected chi connectivity index (χ3v) is 17.0. The zero-order valence-corrected chi connectivity index (χ0v) is 55.8. The molecule has 0 aromatic heterocycles. The van der Waals surface area contributed by atoms with E-state index < -0.39 is 0 Å². The number of carbonyl (C=O) groups excluding carboxylic acids is 2. The number of amides is 2. The summed E-state index contributed by atoms with van der Waals surface area (Å²) >= 11 is 0. The first-order valence-electron chi connectivity index (χ1n) is 37.5. The highest BCUT2D eigenvalue weighted by Crippen LogP contribution is 2.18. The Morgan fingerprint density at radius 3 is 0.537 bits per heavy atom. The number of hydrogen-bond acceptors (Lipinski definition) is 2. The van der Waals surface area contributed by atoms with Crippen molar-refractivity contribution in [2.24, 2.45) is 0 Å². The first-order valence-corrected chi connectivity index (χ1v) is 37.5. The molecule has 2 N–H and O–H groups in total. The molecule has 0 heterocycles. The van der Waals surface area contributed by atoms with Gasteiger partial charge in [0.1, 0.15) is 0 Å². The average molecular weight is 1120 g/mol. The van der Waals surface area contributed by atoms with E-state index in [0.29, 0.717) is 0 Å². The molecule has 4 heteroatoms. The van der Waals surface area contributed by atoms with Gasteiger partial charge in [0.15, 0.2) is 0 Å². The summed E-state index contributed by atoms with van der Waals surface area (Å²) in [6.07, 6.45) is 95.5. The van der Waals surface area contributed by atoms with E-state index >= 15 is 0 Å². The average Bonchev–Trinajstić information content (AvgIpc) is 3.46. The van der Waals surface area contributed by atoms with Crippen LogP contribution in [0.5, 0.6) is 0 Å². The molecule has 0 unspecified atom stereocenters. The molecule has 0 rings (SSSR count). The first kappa shape index (κ1) is 80.5. The fourth-order valence-corrected chi connectivity index (χ4v) is 11.4. The van der Waals surface area contributed by atoms with Gasteiger partial charge in [-0.3, -0.25) is 9.59 Å². The van der Waals surface area contributed by atoms with E-state index in [1.165, 1.54) is 372 Å². The highest BCUT2D eigenvalue weighted by molar-refractivity contribution is 5.76. The van der Waals surface area contributed by atoms with Gasteiger partial charge in [0.2, 0.25) is 11.8 Å². The fourth-order valence-electron chi connectivity index (χ4n) is 11.4. The van der Waals surface area contributed by atoms with Gasteiger partial charge in [-0.15, -0.1) is 0 Å². The Bertz CT molecular complexity index is 1180.